The largest absolute Gasteiger partial charge is 0.385 e. The van der Waals surface area contributed by atoms with E-state index >= 15 is 0 Å². The summed E-state index contributed by atoms with van der Waals surface area (Å²) in [7, 11) is 0. The van der Waals surface area contributed by atoms with Crippen LogP contribution in [0.15, 0.2) is 42.0 Å². The van der Waals surface area contributed by atoms with E-state index in [1.165, 1.54) is 0 Å². The number of aliphatic hydroxyl groups is 2. The van der Waals surface area contributed by atoms with Crippen molar-refractivity contribution in [3.8, 4) is 0 Å². The number of Topliss-reactive ketones (excluding diaryl/α,β-unsaturated/α-hetero) is 2. The second-order valence-electron chi connectivity index (χ2n) is 13.6. The van der Waals surface area contributed by atoms with Gasteiger partial charge in [0.15, 0.2) is 34.2 Å². The minimum absolute atomic E-state index is 0.0592. The molecule has 8 heteroatoms. The maximum absolute atomic E-state index is 15.0. The minimum Gasteiger partial charge on any atom is -0.385 e. The van der Waals surface area contributed by atoms with Crippen molar-refractivity contribution >= 4 is 11.6 Å². The van der Waals surface area contributed by atoms with Gasteiger partial charge < -0.3 is 29.2 Å². The van der Waals surface area contributed by atoms with Crippen molar-refractivity contribution in [1.82, 2.24) is 0 Å². The lowest BCUT2D eigenvalue weighted by Crippen LogP contribution is -2.72. The molecule has 5 unspecified atom stereocenters. The Kier molecular flexibility index (Phi) is 3.80. The Morgan fingerprint density at radius 1 is 0.974 bits per heavy atom. The van der Waals surface area contributed by atoms with Gasteiger partial charge in [-0.2, -0.15) is 0 Å². The molecule has 3 aliphatic heterocycles. The lowest BCUT2D eigenvalue weighted by Gasteiger charge is -2.59. The highest BCUT2D eigenvalue weighted by Crippen LogP contribution is 2.93. The molecule has 0 amide bonds. The molecule has 8 aliphatic rings. The maximum atomic E-state index is 15.0. The van der Waals surface area contributed by atoms with Crippen LogP contribution in [0, 0.1) is 16.7 Å². The monoisotopic (exact) mass is 522 g/mol. The smallest absolute Gasteiger partial charge is 0.201 e. The van der Waals surface area contributed by atoms with Gasteiger partial charge in [-0.3, -0.25) is 9.59 Å². The second kappa shape index (κ2) is 6.04. The highest BCUT2D eigenvalue weighted by atomic mass is 16.8. The number of ketones is 2. The molecule has 3 heterocycles. The zero-order valence-corrected chi connectivity index (χ0v) is 22.4. The van der Waals surface area contributed by atoms with E-state index in [9.17, 15) is 19.8 Å². The van der Waals surface area contributed by atoms with Gasteiger partial charge in [-0.1, -0.05) is 43.3 Å². The lowest BCUT2D eigenvalue weighted by molar-refractivity contribution is -0.381. The van der Waals surface area contributed by atoms with Gasteiger partial charge in [0.2, 0.25) is 5.78 Å². The first kappa shape index (κ1) is 23.9. The molecule has 8 nitrogen and oxygen atoms in total. The SMILES string of the molecule is CC1=CC[C@@]2(O)C3(C)CC4(OCc5ccccc5)OC2(C1=O)C12OC(C)(C)OC31C(=O)[C@@](O)(C1CC1)[C@@]42C. The Hall–Kier alpha value is -1.94. The number of hydrogen-bond donors (Lipinski definition) is 2. The molecule has 0 radical (unpaired) electrons. The zero-order chi connectivity index (χ0) is 27.0. The fourth-order valence-corrected chi connectivity index (χ4v) is 10.3. The number of carbonyl (C=O) groups excluding carboxylic acids is 2. The van der Waals surface area contributed by atoms with Gasteiger partial charge >= 0.3 is 0 Å². The van der Waals surface area contributed by atoms with Crippen LogP contribution in [0.3, 0.4) is 0 Å². The Morgan fingerprint density at radius 3 is 2.32 bits per heavy atom. The van der Waals surface area contributed by atoms with Crippen molar-refractivity contribution in [3.05, 3.63) is 47.5 Å². The normalized spacial score (nSPS) is 54.9. The van der Waals surface area contributed by atoms with Crippen LogP contribution in [0.2, 0.25) is 0 Å². The first-order valence-corrected chi connectivity index (χ1v) is 13.7. The van der Waals surface area contributed by atoms with E-state index in [0.29, 0.717) is 18.4 Å². The number of benzene rings is 1. The summed E-state index contributed by atoms with van der Waals surface area (Å²) in [5.41, 5.74) is -11.0. The van der Waals surface area contributed by atoms with Crippen LogP contribution in [-0.4, -0.2) is 61.4 Å². The van der Waals surface area contributed by atoms with Crippen LogP contribution in [0.25, 0.3) is 0 Å². The van der Waals surface area contributed by atoms with Crippen LogP contribution >= 0.6 is 0 Å². The molecule has 38 heavy (non-hydrogen) atoms. The van der Waals surface area contributed by atoms with Gasteiger partial charge in [0.1, 0.15) is 11.2 Å². The van der Waals surface area contributed by atoms with Crippen molar-refractivity contribution in [2.45, 2.75) is 106 Å². The average Bonchev–Trinajstić information content (AvgIpc) is 3.64. The first-order valence-electron chi connectivity index (χ1n) is 13.7. The van der Waals surface area contributed by atoms with E-state index in [1.54, 1.807) is 40.7 Å². The molecular weight excluding hydrogens is 488 g/mol. The molecule has 0 aromatic heterocycles. The van der Waals surface area contributed by atoms with E-state index in [0.717, 1.165) is 5.56 Å². The molecule has 7 fully saturated rings. The fraction of sp³-hybridized carbons (Fsp3) is 0.667. The molecule has 5 aliphatic carbocycles. The summed E-state index contributed by atoms with van der Waals surface area (Å²) in [5.74, 6) is -4.19. The van der Waals surface area contributed by atoms with Crippen LogP contribution in [0.4, 0.5) is 0 Å². The van der Waals surface area contributed by atoms with Gasteiger partial charge in [0.05, 0.1) is 12.0 Å². The molecule has 4 saturated carbocycles. The predicted molar refractivity (Wildman–Crippen MR) is 131 cm³/mol. The van der Waals surface area contributed by atoms with Crippen molar-refractivity contribution < 1.29 is 38.7 Å². The van der Waals surface area contributed by atoms with Crippen LogP contribution in [0.1, 0.15) is 65.9 Å². The van der Waals surface area contributed by atoms with E-state index in [-0.39, 0.29) is 25.4 Å². The summed E-state index contributed by atoms with van der Waals surface area (Å²) < 4.78 is 27.3. The Labute approximate surface area is 221 Å². The maximum Gasteiger partial charge on any atom is 0.201 e. The molecule has 1 aromatic carbocycles. The molecule has 2 N–H and O–H groups in total. The number of carbonyl (C=O) groups is 2. The molecule has 3 saturated heterocycles. The molecule has 1 aromatic rings. The summed E-state index contributed by atoms with van der Waals surface area (Å²) in [6, 6.07) is 9.59. The topological polar surface area (TPSA) is 112 Å². The third-order valence-electron chi connectivity index (χ3n) is 11.7. The zero-order valence-electron chi connectivity index (χ0n) is 22.4. The molecular formula is C30H34O8. The fourth-order valence-electron chi connectivity index (χ4n) is 10.3. The highest BCUT2D eigenvalue weighted by molar-refractivity contribution is 6.13. The van der Waals surface area contributed by atoms with Crippen molar-refractivity contribution in [2.24, 2.45) is 16.7 Å². The lowest BCUT2D eigenvalue weighted by atomic mass is 9.53. The van der Waals surface area contributed by atoms with Crippen LogP contribution in [0.5, 0.6) is 0 Å². The van der Waals surface area contributed by atoms with Crippen molar-refractivity contribution in [3.63, 3.8) is 0 Å². The third kappa shape index (κ3) is 1.77. The van der Waals surface area contributed by atoms with Gasteiger partial charge in [0, 0.05) is 11.8 Å². The molecule has 2 spiro atoms. The van der Waals surface area contributed by atoms with Gasteiger partial charge in [0.25, 0.3) is 0 Å². The van der Waals surface area contributed by atoms with Crippen LogP contribution < -0.4 is 0 Å². The summed E-state index contributed by atoms with van der Waals surface area (Å²) in [4.78, 5) is 29.5. The number of rotatable bonds is 4. The standard InChI is InChI=1S/C30H34O8/c1-17-13-14-25(33)23(4)16-26(35-15-18-9-7-6-8-10-18)24(5)27(34,19-11-12-19)21(32)29(23)30(24,37-22(2,3)36-29)28(25,38-26)20(17)31/h6-10,13,19,33-34H,11-12,14-16H2,1-5H3/t23?,24-,25-,26?,27+,28?,29?,30?/m1/s1. The summed E-state index contributed by atoms with van der Waals surface area (Å²) in [6.07, 6.45) is 3.18. The van der Waals surface area contributed by atoms with Gasteiger partial charge in [-0.05, 0) is 64.0 Å². The summed E-state index contributed by atoms with van der Waals surface area (Å²) in [5, 5.41) is 25.5. The average molecular weight is 523 g/mol. The van der Waals surface area contributed by atoms with E-state index < -0.39 is 62.0 Å². The number of ether oxygens (including phenoxy) is 4. The van der Waals surface area contributed by atoms with Gasteiger partial charge in [-0.25, -0.2) is 0 Å². The van der Waals surface area contributed by atoms with Crippen LogP contribution in [-0.2, 0) is 35.1 Å². The van der Waals surface area contributed by atoms with Crippen molar-refractivity contribution in [2.75, 3.05) is 0 Å². The molecule has 8 atom stereocenters. The second-order valence-corrected chi connectivity index (χ2v) is 13.6. The quantitative estimate of drug-likeness (QED) is 0.621. The van der Waals surface area contributed by atoms with E-state index in [2.05, 4.69) is 0 Å². The Morgan fingerprint density at radius 2 is 1.66 bits per heavy atom. The van der Waals surface area contributed by atoms with Gasteiger partial charge in [-0.15, -0.1) is 0 Å². The molecule has 202 valence electrons. The third-order valence-corrected chi connectivity index (χ3v) is 11.7. The number of hydrogen-bond acceptors (Lipinski definition) is 8. The molecule has 9 rings (SSSR count). The first-order chi connectivity index (χ1) is 17.7. The highest BCUT2D eigenvalue weighted by Gasteiger charge is 3.14. The molecule has 6 bridgehead atoms. The summed E-state index contributed by atoms with van der Waals surface area (Å²) in [6.45, 7) is 8.85. The Bertz CT molecular complexity index is 1380. The summed E-state index contributed by atoms with van der Waals surface area (Å²) >= 11 is 0. The Balaban J connectivity index is 1.48. The minimum atomic E-state index is -2.00. The van der Waals surface area contributed by atoms with E-state index in [1.807, 2.05) is 30.3 Å². The predicted octanol–water partition coefficient (Wildman–Crippen LogP) is 2.73. The van der Waals surface area contributed by atoms with Crippen molar-refractivity contribution in [1.29, 1.82) is 0 Å². The van der Waals surface area contributed by atoms with E-state index in [4.69, 9.17) is 18.9 Å².